The Balaban J connectivity index is 4.30. The van der Waals surface area contributed by atoms with Crippen LogP contribution in [0.1, 0.15) is 81.1 Å². The van der Waals surface area contributed by atoms with Crippen molar-refractivity contribution in [3.8, 4) is 0 Å². The van der Waals surface area contributed by atoms with Crippen LogP contribution in [0.2, 0.25) is 0 Å². The predicted molar refractivity (Wildman–Crippen MR) is 86.5 cm³/mol. The fourth-order valence-corrected chi connectivity index (χ4v) is 3.13. The first-order chi connectivity index (χ1) is 8.66. The van der Waals surface area contributed by atoms with Crippen molar-refractivity contribution in [1.29, 1.82) is 0 Å². The molecule has 116 valence electrons. The van der Waals surface area contributed by atoms with Gasteiger partial charge in [-0.2, -0.15) is 0 Å². The van der Waals surface area contributed by atoms with Crippen LogP contribution in [-0.4, -0.2) is 13.2 Å². The van der Waals surface area contributed by atoms with E-state index in [4.69, 9.17) is 4.74 Å². The molecule has 0 fully saturated rings. The summed E-state index contributed by atoms with van der Waals surface area (Å²) < 4.78 is 6.15. The molecule has 19 heavy (non-hydrogen) atoms. The van der Waals surface area contributed by atoms with Gasteiger partial charge in [0.25, 0.3) is 0 Å². The van der Waals surface area contributed by atoms with Crippen molar-refractivity contribution in [3.63, 3.8) is 0 Å². The summed E-state index contributed by atoms with van der Waals surface area (Å²) in [5.41, 5.74) is 0.696. The van der Waals surface area contributed by atoms with E-state index in [1.54, 1.807) is 0 Å². The first-order valence-corrected chi connectivity index (χ1v) is 8.24. The highest BCUT2D eigenvalue weighted by Gasteiger charge is 2.27. The predicted octanol–water partition coefficient (Wildman–Crippen LogP) is 5.93. The van der Waals surface area contributed by atoms with Crippen LogP contribution >= 0.6 is 0 Å². The molecule has 0 aromatic heterocycles. The van der Waals surface area contributed by atoms with Crippen molar-refractivity contribution in [3.05, 3.63) is 0 Å². The molecular formula is C18H38O. The van der Waals surface area contributed by atoms with Gasteiger partial charge in [0, 0.05) is 0 Å². The lowest BCUT2D eigenvalue weighted by molar-refractivity contribution is -0.0132. The first-order valence-electron chi connectivity index (χ1n) is 8.24. The van der Waals surface area contributed by atoms with Crippen molar-refractivity contribution in [2.45, 2.75) is 81.1 Å². The first kappa shape index (κ1) is 19.0. The molecule has 0 radical (unpaired) electrons. The lowest BCUT2D eigenvalue weighted by Crippen LogP contribution is -2.30. The number of rotatable bonds is 10. The maximum Gasteiger partial charge on any atom is 0.0520 e. The second kappa shape index (κ2) is 8.29. The Kier molecular flexibility index (Phi) is 8.27. The van der Waals surface area contributed by atoms with E-state index in [1.165, 1.54) is 25.7 Å². The standard InChI is InChI=1S/C18H38O/c1-9-17(7,11-15(3)4)13-19-14-18(8,10-2)12-16(5)6/h15-16H,9-14H2,1-8H3. The van der Waals surface area contributed by atoms with Gasteiger partial charge in [-0.25, -0.2) is 0 Å². The molecule has 2 unspecified atom stereocenters. The zero-order chi connectivity index (χ0) is 15.1. The normalized spacial score (nSPS) is 18.6. The third-order valence-electron chi connectivity index (χ3n) is 4.41. The third kappa shape index (κ3) is 7.97. The zero-order valence-corrected chi connectivity index (χ0v) is 14.8. The average Bonchev–Trinajstić information content (AvgIpc) is 2.27. The average molecular weight is 271 g/mol. The molecule has 0 aliphatic heterocycles. The van der Waals surface area contributed by atoms with Gasteiger partial charge >= 0.3 is 0 Å². The highest BCUT2D eigenvalue weighted by molar-refractivity contribution is 4.77. The van der Waals surface area contributed by atoms with Crippen molar-refractivity contribution >= 4 is 0 Å². The molecular weight excluding hydrogens is 232 g/mol. The molecule has 0 saturated heterocycles. The van der Waals surface area contributed by atoms with Gasteiger partial charge in [-0.05, 0) is 48.3 Å². The van der Waals surface area contributed by atoms with Crippen LogP contribution in [0.3, 0.4) is 0 Å². The molecule has 0 aliphatic rings. The summed E-state index contributed by atoms with van der Waals surface area (Å²) in [5, 5.41) is 0. The van der Waals surface area contributed by atoms with Crippen LogP contribution < -0.4 is 0 Å². The van der Waals surface area contributed by atoms with E-state index in [9.17, 15) is 0 Å². The summed E-state index contributed by atoms with van der Waals surface area (Å²) in [6.07, 6.45) is 4.93. The highest BCUT2D eigenvalue weighted by atomic mass is 16.5. The van der Waals surface area contributed by atoms with E-state index in [-0.39, 0.29) is 0 Å². The summed E-state index contributed by atoms with van der Waals surface area (Å²) >= 11 is 0. The van der Waals surface area contributed by atoms with Gasteiger partial charge in [-0.3, -0.25) is 0 Å². The van der Waals surface area contributed by atoms with E-state index < -0.39 is 0 Å². The minimum Gasteiger partial charge on any atom is -0.380 e. The zero-order valence-electron chi connectivity index (χ0n) is 14.8. The van der Waals surface area contributed by atoms with Crippen LogP contribution in [0.5, 0.6) is 0 Å². The van der Waals surface area contributed by atoms with Crippen LogP contribution in [0.25, 0.3) is 0 Å². The SMILES string of the molecule is CCC(C)(COCC(C)(CC)CC(C)C)CC(C)C. The Labute approximate surface area is 122 Å². The Morgan fingerprint density at radius 1 is 0.737 bits per heavy atom. The molecule has 1 nitrogen and oxygen atoms in total. The molecule has 0 rings (SSSR count). The number of ether oxygens (including phenoxy) is 1. The monoisotopic (exact) mass is 270 g/mol. The maximum atomic E-state index is 6.15. The molecule has 1 heteroatoms. The largest absolute Gasteiger partial charge is 0.380 e. The van der Waals surface area contributed by atoms with Gasteiger partial charge in [0.15, 0.2) is 0 Å². The van der Waals surface area contributed by atoms with E-state index in [1.807, 2.05) is 0 Å². The van der Waals surface area contributed by atoms with Gasteiger partial charge in [-0.1, -0.05) is 55.4 Å². The molecule has 0 amide bonds. The van der Waals surface area contributed by atoms with Crippen LogP contribution in [0.4, 0.5) is 0 Å². The molecule has 0 saturated carbocycles. The van der Waals surface area contributed by atoms with E-state index in [0.717, 1.165) is 25.0 Å². The fourth-order valence-electron chi connectivity index (χ4n) is 3.13. The quantitative estimate of drug-likeness (QED) is 0.478. The van der Waals surface area contributed by atoms with E-state index in [0.29, 0.717) is 10.8 Å². The van der Waals surface area contributed by atoms with Crippen molar-refractivity contribution < 1.29 is 4.74 Å². The van der Waals surface area contributed by atoms with Crippen molar-refractivity contribution in [2.75, 3.05) is 13.2 Å². The van der Waals surface area contributed by atoms with E-state index in [2.05, 4.69) is 55.4 Å². The van der Waals surface area contributed by atoms with Crippen molar-refractivity contribution in [2.24, 2.45) is 22.7 Å². The smallest absolute Gasteiger partial charge is 0.0520 e. The van der Waals surface area contributed by atoms with Crippen LogP contribution in [-0.2, 0) is 4.74 Å². The minimum absolute atomic E-state index is 0.348. The second-order valence-corrected chi connectivity index (χ2v) is 8.02. The molecule has 0 spiro atoms. The molecule has 0 aromatic carbocycles. The Morgan fingerprint density at radius 2 is 1.05 bits per heavy atom. The summed E-state index contributed by atoms with van der Waals surface area (Å²) in [4.78, 5) is 0. The highest BCUT2D eigenvalue weighted by Crippen LogP contribution is 2.33. The lowest BCUT2D eigenvalue weighted by Gasteiger charge is -2.34. The van der Waals surface area contributed by atoms with E-state index >= 15 is 0 Å². The molecule has 0 N–H and O–H groups in total. The van der Waals surface area contributed by atoms with Gasteiger partial charge in [0.05, 0.1) is 13.2 Å². The second-order valence-electron chi connectivity index (χ2n) is 8.02. The summed E-state index contributed by atoms with van der Waals surface area (Å²) in [6, 6.07) is 0. The summed E-state index contributed by atoms with van der Waals surface area (Å²) in [6.45, 7) is 20.4. The molecule has 0 aromatic rings. The van der Waals surface area contributed by atoms with Crippen LogP contribution in [0.15, 0.2) is 0 Å². The minimum atomic E-state index is 0.348. The third-order valence-corrected chi connectivity index (χ3v) is 4.41. The lowest BCUT2D eigenvalue weighted by atomic mass is 9.79. The topological polar surface area (TPSA) is 9.23 Å². The molecule has 0 heterocycles. The maximum absolute atomic E-state index is 6.15. The van der Waals surface area contributed by atoms with Gasteiger partial charge in [0.2, 0.25) is 0 Å². The van der Waals surface area contributed by atoms with Gasteiger partial charge in [0.1, 0.15) is 0 Å². The van der Waals surface area contributed by atoms with Crippen molar-refractivity contribution in [1.82, 2.24) is 0 Å². The molecule has 0 aliphatic carbocycles. The Morgan fingerprint density at radius 3 is 1.26 bits per heavy atom. The summed E-state index contributed by atoms with van der Waals surface area (Å²) in [5.74, 6) is 1.50. The Bertz CT molecular complexity index is 210. The van der Waals surface area contributed by atoms with Gasteiger partial charge < -0.3 is 4.74 Å². The number of hydrogen-bond acceptors (Lipinski definition) is 1. The molecule has 2 atom stereocenters. The Hall–Kier alpha value is -0.0400. The summed E-state index contributed by atoms with van der Waals surface area (Å²) in [7, 11) is 0. The number of hydrogen-bond donors (Lipinski definition) is 0. The van der Waals surface area contributed by atoms with Crippen LogP contribution in [0, 0.1) is 22.7 Å². The molecule has 0 bridgehead atoms. The fraction of sp³-hybridized carbons (Fsp3) is 1.00. The van der Waals surface area contributed by atoms with Gasteiger partial charge in [-0.15, -0.1) is 0 Å².